The van der Waals surface area contributed by atoms with Gasteiger partial charge in [0.1, 0.15) is 0 Å². The first-order chi connectivity index (χ1) is 15.5. The minimum Gasteiger partial charge on any atom is -0.384 e. The van der Waals surface area contributed by atoms with Crippen LogP contribution in [0.15, 0.2) is 11.6 Å². The minimum atomic E-state index is -0.166. The van der Waals surface area contributed by atoms with Gasteiger partial charge in [0.05, 0.1) is 11.5 Å². The molecule has 0 bridgehead atoms. The first-order valence-corrected chi connectivity index (χ1v) is 14.1. The van der Waals surface area contributed by atoms with Crippen LogP contribution >= 0.6 is 0 Å². The van der Waals surface area contributed by atoms with Gasteiger partial charge in [-0.05, 0) is 93.8 Å². The molecule has 1 aliphatic carbocycles. The van der Waals surface area contributed by atoms with E-state index in [0.29, 0.717) is 11.3 Å². The smallest absolute Gasteiger partial charge is 0.0686 e. The molecule has 0 radical (unpaired) electrons. The van der Waals surface area contributed by atoms with Crippen molar-refractivity contribution in [3.8, 4) is 6.07 Å². The fourth-order valence-corrected chi connectivity index (χ4v) is 5.52. The average molecular weight is 460 g/mol. The fourth-order valence-electron chi connectivity index (χ4n) is 5.52. The Labute approximate surface area is 207 Å². The Hall–Kier alpha value is -0.810. The van der Waals surface area contributed by atoms with Gasteiger partial charge in [0.25, 0.3) is 0 Å². The van der Waals surface area contributed by atoms with Crippen molar-refractivity contribution >= 4 is 0 Å². The van der Waals surface area contributed by atoms with E-state index in [2.05, 4.69) is 60.6 Å². The minimum absolute atomic E-state index is 0.166. The summed E-state index contributed by atoms with van der Waals surface area (Å²) in [6.07, 6.45) is 18.6. The van der Waals surface area contributed by atoms with Crippen molar-refractivity contribution in [3.05, 3.63) is 11.6 Å². The van der Waals surface area contributed by atoms with Gasteiger partial charge in [-0.15, -0.1) is 0 Å². The summed E-state index contributed by atoms with van der Waals surface area (Å²) in [7, 11) is 1.77. The number of nitriles is 1. The number of nitrogens with zero attached hydrogens (tertiary/aromatic N) is 1. The molecule has 2 heteroatoms. The lowest BCUT2D eigenvalue weighted by Crippen LogP contribution is -2.17. The monoisotopic (exact) mass is 459 g/mol. The lowest BCUT2D eigenvalue weighted by molar-refractivity contribution is 0.152. The van der Waals surface area contributed by atoms with Crippen LogP contribution in [0.1, 0.15) is 132 Å². The first-order valence-electron chi connectivity index (χ1n) is 14.1. The van der Waals surface area contributed by atoms with E-state index >= 15 is 0 Å². The van der Waals surface area contributed by atoms with Gasteiger partial charge in [-0.1, -0.05) is 78.9 Å². The van der Waals surface area contributed by atoms with Gasteiger partial charge in [-0.2, -0.15) is 5.26 Å². The molecule has 1 aliphatic rings. The van der Waals surface area contributed by atoms with E-state index in [1.165, 1.54) is 57.8 Å². The Bertz CT molecular complexity index is 601. The van der Waals surface area contributed by atoms with Crippen LogP contribution in [0.25, 0.3) is 0 Å². The van der Waals surface area contributed by atoms with E-state index in [-0.39, 0.29) is 5.41 Å². The van der Waals surface area contributed by atoms with E-state index in [1.807, 2.05) is 0 Å². The van der Waals surface area contributed by atoms with Crippen LogP contribution in [0.2, 0.25) is 0 Å². The molecule has 0 N–H and O–H groups in total. The second kappa shape index (κ2) is 15.2. The molecule has 0 fully saturated rings. The molecule has 5 unspecified atom stereocenters. The summed E-state index contributed by atoms with van der Waals surface area (Å²) in [5.74, 6) is 3.15. The maximum Gasteiger partial charge on any atom is 0.0686 e. The van der Waals surface area contributed by atoms with Crippen molar-refractivity contribution in [2.75, 3.05) is 13.7 Å². The maximum atomic E-state index is 9.78. The summed E-state index contributed by atoms with van der Waals surface area (Å²) in [5, 5.41) is 9.78. The molecule has 0 aromatic rings. The lowest BCUT2D eigenvalue weighted by Gasteiger charge is -2.28. The molecule has 0 saturated heterocycles. The van der Waals surface area contributed by atoms with Crippen molar-refractivity contribution in [1.29, 1.82) is 5.26 Å². The Kier molecular flexibility index (Phi) is 14.0. The molecule has 0 heterocycles. The zero-order chi connectivity index (χ0) is 24.9. The number of rotatable bonds is 17. The van der Waals surface area contributed by atoms with Gasteiger partial charge >= 0.3 is 0 Å². The quantitative estimate of drug-likeness (QED) is 0.203. The molecule has 33 heavy (non-hydrogen) atoms. The summed E-state index contributed by atoms with van der Waals surface area (Å²) in [6.45, 7) is 17.4. The standard InChI is InChI=1S/C31H57NO/c1-25(14-16-29-17-15-27(3)28(4)22-29)12-9-18-30(5,6)19-11-21-31(7,24-32)20-10-13-26(2)23-33-8/h17,25-28H,9-16,18-23H2,1-8H3. The number of hydrogen-bond donors (Lipinski definition) is 0. The normalized spacial score (nSPS) is 22.8. The molecule has 0 amide bonds. The third-order valence-corrected chi connectivity index (χ3v) is 8.57. The number of ether oxygens (including phenoxy) is 1. The van der Waals surface area contributed by atoms with Crippen LogP contribution in [-0.2, 0) is 4.74 Å². The van der Waals surface area contributed by atoms with E-state index in [9.17, 15) is 5.26 Å². The molecule has 0 aromatic carbocycles. The van der Waals surface area contributed by atoms with Gasteiger partial charge in [-0.3, -0.25) is 0 Å². The fraction of sp³-hybridized carbons (Fsp3) is 0.903. The van der Waals surface area contributed by atoms with Crippen molar-refractivity contribution in [1.82, 2.24) is 0 Å². The second-order valence-corrected chi connectivity index (χ2v) is 12.9. The third-order valence-electron chi connectivity index (χ3n) is 8.57. The molecular weight excluding hydrogens is 402 g/mol. The highest BCUT2D eigenvalue weighted by atomic mass is 16.5. The van der Waals surface area contributed by atoms with Gasteiger partial charge < -0.3 is 4.74 Å². The average Bonchev–Trinajstić information content (AvgIpc) is 2.74. The van der Waals surface area contributed by atoms with Crippen LogP contribution in [0.5, 0.6) is 0 Å². The number of allylic oxidation sites excluding steroid dienone is 2. The summed E-state index contributed by atoms with van der Waals surface area (Å²) >= 11 is 0. The molecular formula is C31H57NO. The van der Waals surface area contributed by atoms with Crippen LogP contribution in [-0.4, -0.2) is 13.7 Å². The highest BCUT2D eigenvalue weighted by Gasteiger charge is 2.26. The van der Waals surface area contributed by atoms with Crippen LogP contribution < -0.4 is 0 Å². The highest BCUT2D eigenvalue weighted by Crippen LogP contribution is 2.36. The molecule has 2 nitrogen and oxygen atoms in total. The van der Waals surface area contributed by atoms with Gasteiger partial charge in [0.15, 0.2) is 0 Å². The van der Waals surface area contributed by atoms with Crippen molar-refractivity contribution < 1.29 is 4.74 Å². The van der Waals surface area contributed by atoms with E-state index in [0.717, 1.165) is 50.0 Å². The largest absolute Gasteiger partial charge is 0.384 e. The summed E-state index contributed by atoms with van der Waals surface area (Å²) in [4.78, 5) is 0. The van der Waals surface area contributed by atoms with E-state index < -0.39 is 0 Å². The number of hydrogen-bond acceptors (Lipinski definition) is 2. The second-order valence-electron chi connectivity index (χ2n) is 12.9. The summed E-state index contributed by atoms with van der Waals surface area (Å²) in [6, 6.07) is 2.64. The zero-order valence-electron chi connectivity index (χ0n) is 23.6. The molecule has 192 valence electrons. The van der Waals surface area contributed by atoms with Gasteiger partial charge in [0, 0.05) is 13.7 Å². The Balaban J connectivity index is 2.24. The molecule has 0 aliphatic heterocycles. The molecule has 0 saturated carbocycles. The third kappa shape index (κ3) is 13.0. The Morgan fingerprint density at radius 2 is 1.55 bits per heavy atom. The zero-order valence-corrected chi connectivity index (χ0v) is 23.6. The van der Waals surface area contributed by atoms with Gasteiger partial charge in [0.2, 0.25) is 0 Å². The summed E-state index contributed by atoms with van der Waals surface area (Å²) in [5.41, 5.74) is 1.95. The van der Waals surface area contributed by atoms with E-state index in [4.69, 9.17) is 4.74 Å². The lowest BCUT2D eigenvalue weighted by atomic mass is 9.76. The molecule has 0 spiro atoms. The van der Waals surface area contributed by atoms with Crippen molar-refractivity contribution in [2.45, 2.75) is 132 Å². The van der Waals surface area contributed by atoms with Crippen molar-refractivity contribution in [2.24, 2.45) is 34.5 Å². The van der Waals surface area contributed by atoms with E-state index in [1.54, 1.807) is 12.7 Å². The predicted molar refractivity (Wildman–Crippen MR) is 144 cm³/mol. The molecule has 5 atom stereocenters. The van der Waals surface area contributed by atoms with Crippen LogP contribution in [0, 0.1) is 45.8 Å². The topological polar surface area (TPSA) is 33.0 Å². The SMILES string of the molecule is COCC(C)CCCC(C)(C#N)CCCC(C)(C)CCCC(C)CCC1=CCC(C)C(C)C1. The number of methoxy groups -OCH3 is 1. The molecule has 0 aromatic heterocycles. The highest BCUT2D eigenvalue weighted by molar-refractivity contribution is 5.07. The first kappa shape index (κ1) is 30.2. The van der Waals surface area contributed by atoms with Gasteiger partial charge in [-0.25, -0.2) is 0 Å². The Morgan fingerprint density at radius 1 is 0.939 bits per heavy atom. The predicted octanol–water partition coefficient (Wildman–Crippen LogP) is 9.74. The Morgan fingerprint density at radius 3 is 2.18 bits per heavy atom. The maximum absolute atomic E-state index is 9.78. The summed E-state index contributed by atoms with van der Waals surface area (Å²) < 4.78 is 5.24. The van der Waals surface area contributed by atoms with Crippen LogP contribution in [0.4, 0.5) is 0 Å². The molecule has 1 rings (SSSR count). The van der Waals surface area contributed by atoms with Crippen molar-refractivity contribution in [3.63, 3.8) is 0 Å². The van der Waals surface area contributed by atoms with Crippen LogP contribution in [0.3, 0.4) is 0 Å².